The molecule has 3 rings (SSSR count). The van der Waals surface area contributed by atoms with Crippen LogP contribution in [0.5, 0.6) is 0 Å². The molecule has 0 saturated carbocycles. The van der Waals surface area contributed by atoms with E-state index in [0.717, 1.165) is 0 Å². The topological polar surface area (TPSA) is 1180 Å². The number of hydrogen-bond acceptors (Lipinski definition) is 30. The van der Waals surface area contributed by atoms with Gasteiger partial charge >= 0.3 is 0 Å². The molecule has 0 radical (unpaired) electrons. The molecule has 0 fully saturated rings. The first-order valence-electron chi connectivity index (χ1n) is 37.5. The van der Waals surface area contributed by atoms with Crippen molar-refractivity contribution in [2.45, 2.75) is 6.29 Å². The van der Waals surface area contributed by atoms with Gasteiger partial charge in [0, 0.05) is 224 Å². The number of guanidine groups is 25. The highest BCUT2D eigenvalue weighted by molar-refractivity contribution is 6.04. The molecule has 60 N–H and O–H groups in total. The van der Waals surface area contributed by atoms with Crippen LogP contribution in [0.4, 0.5) is 11.9 Å². The van der Waals surface area contributed by atoms with Crippen LogP contribution in [0, 0.1) is 43.3 Å². The molecular weight excluding hydrogens is 1760 g/mol. The van der Waals surface area contributed by atoms with E-state index in [-0.39, 0.29) is 95.3 Å². The fraction of sp³-hybridized carbons (Fsp3) is 0.562. The SMILES string of the molecule is CN(C)C(=N)N=C(N)N(C)C.CN(C)C(=N)N=C(N)N(C)C.CN(C)C(N)=NC(=N)N.CN(C)C(N)=NC(=N)N.CN(C)C(N)=NC(=N)N.CN(C)C(N)=NC(=N)N.CN(C)C(N)=NC(N)N.CN1C(N)=NCN=C1N.CN1CN=C(N)N=C1N.CN=C(N)NC(=N)N(C)C.CN=C(N)NC(=NC)[N-]C.CN=C(N=C(N)N(C)C)N(C)C.CN=c1nc(N)nc(N)n1C.N=C(N)N=C(N)N. The van der Waals surface area contributed by atoms with E-state index in [1.807, 2.05) is 28.2 Å². The van der Waals surface area contributed by atoms with Crippen LogP contribution in [-0.2, 0) is 7.05 Å². The second-order valence-electron chi connectivity index (χ2n) is 26.8. The summed E-state index contributed by atoms with van der Waals surface area (Å²) in [6.45, 7) is 0.850. The molecule has 0 unspecified atom stereocenters. The smallest absolute Gasteiger partial charge is 0.230 e. The van der Waals surface area contributed by atoms with E-state index in [1.54, 1.807) is 273 Å². The quantitative estimate of drug-likeness (QED) is 0.0705. The van der Waals surface area contributed by atoms with Crippen LogP contribution in [0.2, 0.25) is 0 Å². The van der Waals surface area contributed by atoms with Gasteiger partial charge in [0.2, 0.25) is 77.1 Å². The highest BCUT2D eigenvalue weighted by Gasteiger charge is 2.10. The Labute approximate surface area is 791 Å². The van der Waals surface area contributed by atoms with Crippen molar-refractivity contribution in [3.63, 3.8) is 0 Å². The van der Waals surface area contributed by atoms with Gasteiger partial charge in [0.25, 0.3) is 0 Å². The van der Waals surface area contributed by atoms with Crippen molar-refractivity contribution in [1.29, 1.82) is 43.3 Å². The number of aromatic nitrogens is 3. The number of nitrogen functional groups attached to an aromatic ring is 2. The molecule has 0 bridgehead atoms. The molecule has 0 spiro atoms. The highest BCUT2D eigenvalue weighted by Crippen LogP contribution is 1.94. The number of hydrogen-bond donors (Lipinski definition) is 35. The molecule has 2 aliphatic heterocycles. The van der Waals surface area contributed by atoms with Crippen molar-refractivity contribution in [2.24, 2.45) is 229 Å². The molecule has 3 heterocycles. The first kappa shape index (κ1) is 141. The summed E-state index contributed by atoms with van der Waals surface area (Å²) in [5.41, 5.74) is 130. The Morgan fingerprint density at radius 3 is 0.881 bits per heavy atom. The Hall–Kier alpha value is -17.5. The lowest BCUT2D eigenvalue weighted by Crippen LogP contribution is -2.45. The molecule has 1 aromatic rings. The normalized spacial score (nSPS) is 12.4. The molecule has 2 aliphatic rings. The van der Waals surface area contributed by atoms with E-state index in [2.05, 4.69) is 116 Å². The van der Waals surface area contributed by atoms with Gasteiger partial charge in [0.1, 0.15) is 19.3 Å². The van der Waals surface area contributed by atoms with Crippen molar-refractivity contribution >= 4 is 161 Å². The number of nitrogens with zero attached hydrogens (tertiary/aromatic N) is 36. The van der Waals surface area contributed by atoms with E-state index in [9.17, 15) is 0 Å². The Morgan fingerprint density at radius 1 is 0.370 bits per heavy atom. The highest BCUT2D eigenvalue weighted by atomic mass is 15.4. The van der Waals surface area contributed by atoms with Gasteiger partial charge in [-0.05, 0) is 14.1 Å². The van der Waals surface area contributed by atoms with Crippen molar-refractivity contribution in [1.82, 2.24) is 93.8 Å². The average molecular weight is 1930 g/mol. The summed E-state index contributed by atoms with van der Waals surface area (Å²) in [4.78, 5) is 96.6. The third kappa shape index (κ3) is 91.1. The summed E-state index contributed by atoms with van der Waals surface area (Å²) in [5, 5.41) is 64.1. The Morgan fingerprint density at radius 2 is 0.681 bits per heavy atom. The van der Waals surface area contributed by atoms with Gasteiger partial charge in [0.15, 0.2) is 83.8 Å². The molecule has 0 atom stereocenters. The van der Waals surface area contributed by atoms with Gasteiger partial charge in [-0.15, -0.1) is 0 Å². The maximum absolute atomic E-state index is 7.30. The maximum atomic E-state index is 7.30. The van der Waals surface area contributed by atoms with Crippen LogP contribution in [0.3, 0.4) is 0 Å². The van der Waals surface area contributed by atoms with Crippen molar-refractivity contribution < 1.29 is 0 Å². The lowest BCUT2D eigenvalue weighted by Gasteiger charge is -2.19. The molecule has 0 saturated heterocycles. The van der Waals surface area contributed by atoms with Crippen LogP contribution in [0.1, 0.15) is 0 Å². The predicted molar refractivity (Wildman–Crippen MR) is 558 cm³/mol. The summed E-state index contributed by atoms with van der Waals surface area (Å²) >= 11 is 0. The number of anilines is 2. The fourth-order valence-corrected chi connectivity index (χ4v) is 4.84. The minimum Gasteiger partial charge on any atom is -0.397 e. The van der Waals surface area contributed by atoms with Crippen LogP contribution in [0.15, 0.2) is 89.9 Å². The minimum atomic E-state index is -0.715. The van der Waals surface area contributed by atoms with E-state index in [1.165, 1.54) is 4.90 Å². The van der Waals surface area contributed by atoms with Gasteiger partial charge in [-0.1, -0.05) is 0 Å². The van der Waals surface area contributed by atoms with Gasteiger partial charge < -0.3 is 211 Å². The molecule has 0 amide bonds. The monoisotopic (exact) mass is 1930 g/mol. The Balaban J connectivity index is -0.000000136. The van der Waals surface area contributed by atoms with Gasteiger partial charge in [-0.3, -0.25) is 89.5 Å². The summed E-state index contributed by atoms with van der Waals surface area (Å²) in [6.07, 6.45) is -0.715. The number of nitrogens with one attached hydrogen (secondary N) is 10. The van der Waals surface area contributed by atoms with Gasteiger partial charge in [0.05, 0.1) is 0 Å². The number of rotatable bonds is 1. The maximum Gasteiger partial charge on any atom is 0.230 e. The van der Waals surface area contributed by atoms with Crippen LogP contribution >= 0.6 is 0 Å². The molecule has 135 heavy (non-hydrogen) atoms. The summed E-state index contributed by atoms with van der Waals surface area (Å²) < 4.78 is 1.55. The zero-order valence-corrected chi connectivity index (χ0v) is 84.5. The van der Waals surface area contributed by atoms with E-state index in [0.29, 0.717) is 84.5 Å². The molecular formula is C64H164N71-. The largest absolute Gasteiger partial charge is 0.397 e. The predicted octanol–water partition coefficient (Wildman–Crippen LogP) is -16.6. The third-order valence-electron chi connectivity index (χ3n) is 12.6. The molecule has 71 nitrogen and oxygen atoms in total. The lowest BCUT2D eigenvalue weighted by molar-refractivity contribution is 0.509. The molecule has 0 aliphatic carbocycles. The zero-order chi connectivity index (χ0) is 109. The van der Waals surface area contributed by atoms with Crippen molar-refractivity contribution in [3.05, 3.63) is 10.9 Å². The molecule has 0 aromatic carbocycles. The average Bonchev–Trinajstić information content (AvgIpc) is 0.857. The fourth-order valence-electron chi connectivity index (χ4n) is 4.84. The van der Waals surface area contributed by atoms with E-state index in [4.69, 9.17) is 187 Å². The van der Waals surface area contributed by atoms with Crippen LogP contribution < -0.4 is 160 Å². The minimum absolute atomic E-state index is 0.140. The second-order valence-corrected chi connectivity index (χ2v) is 26.8. The van der Waals surface area contributed by atoms with Crippen LogP contribution in [-0.4, -0.2) is 477 Å². The van der Waals surface area contributed by atoms with E-state index < -0.39 is 6.29 Å². The van der Waals surface area contributed by atoms with Crippen LogP contribution in [0.25, 0.3) is 5.32 Å². The standard InChI is InChI=1S/C7H17N5.2C6H15N5.C5H10N6.C5H13N5.C5H12N5.2C4H9N5.C4H13N5.4C4H11N5.C2H7N5/c1-9-7(12(4)5)10-6(8)11(2)3;2*1-10(2)5(7)9-6(8)11(3)4;1-8-5-10-3(6)9-4(7)11(5)2;1-8-4(6)9-5(7)10(2)3;1-7-4(6)10-5(8-2)9-3;1-9-2-7-3(5)8-4(9)6;1-9-3(5)7-2-8-4(9)6;5*1-9(2)4(7)8-3(5)6;3-1(4)7-2(5)6/h1-5H3,(H2,8,9,10);2*1-4H3,(H3,7,8,9);1-2H3,(H4,6,7,8,9,10);1-3H3,(H4,6,7,8,9);1-3H3,(H3-,6,7,8,9,10);2H2,1H3,(H4,5,6,7,8);2H2,1H3,(H2,5,7)(H2,6,8);3H,5-6H2,1-2H3,(H2,7,8);4*1-2H3,(H5,5,6,7,8);(H7,3,4,5,6,7)/q;;;;;-1;;;;;;;;. The summed E-state index contributed by atoms with van der Waals surface area (Å²) in [6, 6.07) is 0. The third-order valence-corrected chi connectivity index (χ3v) is 12.6. The first-order chi connectivity index (χ1) is 61.6. The number of aliphatic imine (C=N–C) groups is 17. The van der Waals surface area contributed by atoms with Gasteiger partial charge in [-0.2, -0.15) is 54.9 Å². The molecule has 1 aromatic heterocycles. The zero-order valence-electron chi connectivity index (χ0n) is 84.5. The second kappa shape index (κ2) is 79.8. The summed E-state index contributed by atoms with van der Waals surface area (Å²) in [5.74, 6) is 4.87. The summed E-state index contributed by atoms with van der Waals surface area (Å²) in [7, 11) is 57.3. The first-order valence-corrected chi connectivity index (χ1v) is 37.5. The van der Waals surface area contributed by atoms with Gasteiger partial charge in [-0.25, -0.2) is 20.0 Å². The molecule has 71 heteroatoms. The number of nitrogens with two attached hydrogens (primary N) is 25. The Kier molecular flexibility index (Phi) is 83.1. The Bertz CT molecular complexity index is 4060. The van der Waals surface area contributed by atoms with E-state index >= 15 is 0 Å². The van der Waals surface area contributed by atoms with Crippen molar-refractivity contribution in [2.75, 3.05) is 250 Å². The van der Waals surface area contributed by atoms with Crippen molar-refractivity contribution in [3.8, 4) is 0 Å². The lowest BCUT2D eigenvalue weighted by atomic mass is 10.7. The molecule has 776 valence electrons.